The minimum absolute atomic E-state index is 0.00166. The molecule has 1 aromatic heterocycles. The first-order valence-corrected chi connectivity index (χ1v) is 8.57. The predicted octanol–water partition coefficient (Wildman–Crippen LogP) is 3.97. The van der Waals surface area contributed by atoms with Gasteiger partial charge in [-0.15, -0.1) is 0 Å². The van der Waals surface area contributed by atoms with Gasteiger partial charge in [-0.25, -0.2) is 0 Å². The average Bonchev–Trinajstić information content (AvgIpc) is 3.10. The first kappa shape index (κ1) is 15.3. The summed E-state index contributed by atoms with van der Waals surface area (Å²) in [5.74, 6) is 2.79. The molecule has 2 heterocycles. The van der Waals surface area contributed by atoms with Gasteiger partial charge in [0, 0.05) is 24.0 Å². The molecule has 4 rings (SSSR count). The fraction of sp³-hybridized carbons (Fsp3) is 0.450. The highest BCUT2D eigenvalue weighted by atomic mass is 16.5. The van der Waals surface area contributed by atoms with Crippen LogP contribution in [0, 0.1) is 12.3 Å². The number of rotatable bonds is 2. The molecule has 0 spiro atoms. The van der Waals surface area contributed by atoms with Crippen molar-refractivity contribution in [2.45, 2.75) is 46.1 Å². The van der Waals surface area contributed by atoms with E-state index in [4.69, 9.17) is 9.15 Å². The number of fused-ring (bicyclic) bond motifs is 2. The number of ether oxygens (including phenoxy) is 1. The minimum atomic E-state index is -0.0304. The first-order chi connectivity index (χ1) is 11.4. The Morgan fingerprint density at radius 3 is 2.96 bits per heavy atom. The van der Waals surface area contributed by atoms with Gasteiger partial charge in [0.2, 0.25) is 0 Å². The lowest BCUT2D eigenvalue weighted by Gasteiger charge is -2.34. The summed E-state index contributed by atoms with van der Waals surface area (Å²) >= 11 is 0. The van der Waals surface area contributed by atoms with Gasteiger partial charge in [0.25, 0.3) is 5.91 Å². The topological polar surface area (TPSA) is 51.5 Å². The fourth-order valence-electron chi connectivity index (χ4n) is 3.88. The van der Waals surface area contributed by atoms with E-state index in [1.165, 1.54) is 0 Å². The van der Waals surface area contributed by atoms with E-state index in [1.807, 2.05) is 25.1 Å². The van der Waals surface area contributed by atoms with Crippen LogP contribution in [0.5, 0.6) is 5.75 Å². The second kappa shape index (κ2) is 5.40. The summed E-state index contributed by atoms with van der Waals surface area (Å²) in [6, 6.07) is 7.75. The highest BCUT2D eigenvalue weighted by molar-refractivity contribution is 5.95. The molecule has 0 fully saturated rings. The Balaban J connectivity index is 1.59. The zero-order chi connectivity index (χ0) is 16.9. The van der Waals surface area contributed by atoms with E-state index in [-0.39, 0.29) is 17.4 Å². The fourth-order valence-corrected chi connectivity index (χ4v) is 3.88. The molecular formula is C20H23NO3. The Morgan fingerprint density at radius 1 is 1.29 bits per heavy atom. The van der Waals surface area contributed by atoms with E-state index in [1.54, 1.807) is 0 Å². The standard InChI is InChI=1S/C20H23NO3/c1-12-8-15-16(10-20(2,3)11-18(15)24-12)21-19(22)14-4-5-17-13(9-14)6-7-23-17/h4-5,8-9,16H,6-7,10-11H2,1-3H3,(H,21,22). The van der Waals surface area contributed by atoms with Crippen LogP contribution in [-0.2, 0) is 12.8 Å². The van der Waals surface area contributed by atoms with E-state index in [0.29, 0.717) is 12.2 Å². The first-order valence-electron chi connectivity index (χ1n) is 8.57. The van der Waals surface area contributed by atoms with E-state index < -0.39 is 0 Å². The maximum atomic E-state index is 12.8. The van der Waals surface area contributed by atoms with Crippen molar-refractivity contribution in [3.8, 4) is 5.75 Å². The molecule has 1 amide bonds. The second-order valence-electron chi connectivity index (χ2n) is 7.73. The van der Waals surface area contributed by atoms with Crippen molar-refractivity contribution in [1.29, 1.82) is 0 Å². The van der Waals surface area contributed by atoms with Gasteiger partial charge < -0.3 is 14.5 Å². The summed E-state index contributed by atoms with van der Waals surface area (Å²) in [6.07, 6.45) is 2.70. The number of furan rings is 1. The van der Waals surface area contributed by atoms with Crippen molar-refractivity contribution in [3.63, 3.8) is 0 Å². The number of nitrogens with one attached hydrogen (secondary N) is 1. The summed E-state index contributed by atoms with van der Waals surface area (Å²) in [4.78, 5) is 12.8. The molecular weight excluding hydrogens is 302 g/mol. The summed E-state index contributed by atoms with van der Waals surface area (Å²) in [5.41, 5.74) is 3.06. The van der Waals surface area contributed by atoms with E-state index in [2.05, 4.69) is 25.2 Å². The van der Waals surface area contributed by atoms with Crippen LogP contribution in [0.15, 0.2) is 28.7 Å². The molecule has 0 bridgehead atoms. The van der Waals surface area contributed by atoms with E-state index >= 15 is 0 Å². The summed E-state index contributed by atoms with van der Waals surface area (Å²) in [5, 5.41) is 3.21. The number of amides is 1. The molecule has 1 N–H and O–H groups in total. The largest absolute Gasteiger partial charge is 0.493 e. The third kappa shape index (κ3) is 2.70. The molecule has 4 heteroatoms. The molecule has 0 saturated heterocycles. The molecule has 1 aromatic carbocycles. The SMILES string of the molecule is Cc1cc2c(o1)CC(C)(C)CC2NC(=O)c1ccc2c(c1)CCO2. The van der Waals surface area contributed by atoms with Crippen molar-refractivity contribution in [2.75, 3.05) is 6.61 Å². The van der Waals surface area contributed by atoms with Crippen LogP contribution in [-0.4, -0.2) is 12.5 Å². The number of hydrogen-bond acceptors (Lipinski definition) is 3. The number of carbonyl (C=O) groups excluding carboxylic acids is 1. The van der Waals surface area contributed by atoms with Crippen LogP contribution in [0.25, 0.3) is 0 Å². The second-order valence-corrected chi connectivity index (χ2v) is 7.73. The molecule has 1 aliphatic carbocycles. The summed E-state index contributed by atoms with van der Waals surface area (Å²) in [7, 11) is 0. The van der Waals surface area contributed by atoms with Gasteiger partial charge in [-0.3, -0.25) is 4.79 Å². The quantitative estimate of drug-likeness (QED) is 0.909. The van der Waals surface area contributed by atoms with Crippen LogP contribution in [0.3, 0.4) is 0 Å². The van der Waals surface area contributed by atoms with Gasteiger partial charge in [-0.2, -0.15) is 0 Å². The monoisotopic (exact) mass is 325 g/mol. The van der Waals surface area contributed by atoms with Gasteiger partial charge in [0.05, 0.1) is 12.6 Å². The Morgan fingerprint density at radius 2 is 2.12 bits per heavy atom. The van der Waals surface area contributed by atoms with Gasteiger partial charge in [-0.1, -0.05) is 13.8 Å². The Labute approximate surface area is 142 Å². The van der Waals surface area contributed by atoms with Gasteiger partial charge >= 0.3 is 0 Å². The molecule has 4 nitrogen and oxygen atoms in total. The van der Waals surface area contributed by atoms with Gasteiger partial charge in [-0.05, 0) is 48.6 Å². The highest BCUT2D eigenvalue weighted by Crippen LogP contribution is 2.42. The van der Waals surface area contributed by atoms with Crippen molar-refractivity contribution in [3.05, 3.63) is 52.5 Å². The Kier molecular flexibility index (Phi) is 3.44. The molecule has 2 aliphatic rings. The number of carbonyl (C=O) groups is 1. The van der Waals surface area contributed by atoms with Crippen LogP contribution < -0.4 is 10.1 Å². The van der Waals surface area contributed by atoms with Crippen LogP contribution in [0.1, 0.15) is 59.3 Å². The minimum Gasteiger partial charge on any atom is -0.493 e. The van der Waals surface area contributed by atoms with E-state index in [0.717, 1.165) is 47.7 Å². The lowest BCUT2D eigenvalue weighted by molar-refractivity contribution is 0.0917. The third-order valence-electron chi connectivity index (χ3n) is 4.99. The lowest BCUT2D eigenvalue weighted by atomic mass is 9.74. The Hall–Kier alpha value is -2.23. The lowest BCUT2D eigenvalue weighted by Crippen LogP contribution is -2.36. The Bertz CT molecular complexity index is 803. The molecule has 126 valence electrons. The average molecular weight is 325 g/mol. The maximum Gasteiger partial charge on any atom is 0.251 e. The zero-order valence-electron chi connectivity index (χ0n) is 14.4. The van der Waals surface area contributed by atoms with Gasteiger partial charge in [0.1, 0.15) is 17.3 Å². The van der Waals surface area contributed by atoms with Crippen LogP contribution in [0.4, 0.5) is 0 Å². The van der Waals surface area contributed by atoms with Crippen molar-refractivity contribution in [1.82, 2.24) is 5.32 Å². The molecule has 0 radical (unpaired) electrons. The molecule has 1 atom stereocenters. The van der Waals surface area contributed by atoms with Crippen molar-refractivity contribution in [2.24, 2.45) is 5.41 Å². The third-order valence-corrected chi connectivity index (χ3v) is 4.99. The maximum absolute atomic E-state index is 12.8. The number of aryl methyl sites for hydroxylation is 1. The molecule has 2 aromatic rings. The number of hydrogen-bond donors (Lipinski definition) is 1. The van der Waals surface area contributed by atoms with Crippen LogP contribution >= 0.6 is 0 Å². The summed E-state index contributed by atoms with van der Waals surface area (Å²) in [6.45, 7) is 7.11. The highest BCUT2D eigenvalue weighted by Gasteiger charge is 2.35. The number of benzene rings is 1. The molecule has 1 unspecified atom stereocenters. The van der Waals surface area contributed by atoms with Crippen LogP contribution in [0.2, 0.25) is 0 Å². The smallest absolute Gasteiger partial charge is 0.251 e. The van der Waals surface area contributed by atoms with Gasteiger partial charge in [0.15, 0.2) is 0 Å². The molecule has 1 aliphatic heterocycles. The molecule has 24 heavy (non-hydrogen) atoms. The van der Waals surface area contributed by atoms with Crippen molar-refractivity contribution >= 4 is 5.91 Å². The van der Waals surface area contributed by atoms with Crippen molar-refractivity contribution < 1.29 is 13.9 Å². The van der Waals surface area contributed by atoms with E-state index in [9.17, 15) is 4.79 Å². The predicted molar refractivity (Wildman–Crippen MR) is 91.4 cm³/mol. The normalized spacial score (nSPS) is 20.9. The molecule has 0 saturated carbocycles. The zero-order valence-corrected chi connectivity index (χ0v) is 14.4. The summed E-state index contributed by atoms with van der Waals surface area (Å²) < 4.78 is 11.4.